The summed E-state index contributed by atoms with van der Waals surface area (Å²) in [7, 11) is 0. The summed E-state index contributed by atoms with van der Waals surface area (Å²) in [4.78, 5) is 1.74. The third-order valence-electron chi connectivity index (χ3n) is 3.27. The van der Waals surface area contributed by atoms with Crippen molar-refractivity contribution >= 4 is 11.8 Å². The molecule has 20 heavy (non-hydrogen) atoms. The smallest absolute Gasteiger partial charge is 0.166 e. The van der Waals surface area contributed by atoms with E-state index in [1.165, 1.54) is 18.2 Å². The van der Waals surface area contributed by atoms with Gasteiger partial charge in [-0.05, 0) is 29.8 Å². The Morgan fingerprint density at radius 1 is 1.00 bits per heavy atom. The average molecular weight is 273 g/mol. The maximum Gasteiger partial charge on any atom is 0.166 e. The van der Waals surface area contributed by atoms with Crippen molar-refractivity contribution in [3.63, 3.8) is 0 Å². The van der Waals surface area contributed by atoms with Crippen molar-refractivity contribution in [3.8, 4) is 17.2 Å². The van der Waals surface area contributed by atoms with Crippen LogP contribution in [0.1, 0.15) is 11.1 Å². The number of anilines is 1. The molecule has 4 nitrogen and oxygen atoms in total. The highest BCUT2D eigenvalue weighted by Crippen LogP contribution is 2.34. The van der Waals surface area contributed by atoms with Gasteiger partial charge in [-0.15, -0.1) is 0 Å². The molecule has 1 aliphatic heterocycles. The number of phenols is 3. The number of hydrogen-bond acceptors (Lipinski definition) is 4. The highest BCUT2D eigenvalue weighted by molar-refractivity contribution is 5.68. The lowest BCUT2D eigenvalue weighted by molar-refractivity contribution is 0.432. The van der Waals surface area contributed by atoms with Gasteiger partial charge in [-0.25, -0.2) is 4.39 Å². The van der Waals surface area contributed by atoms with Gasteiger partial charge in [-0.3, -0.25) is 0 Å². The Bertz CT molecular complexity index is 713. The van der Waals surface area contributed by atoms with Gasteiger partial charge in [-0.2, -0.15) is 0 Å². The van der Waals surface area contributed by atoms with Gasteiger partial charge in [0.2, 0.25) is 0 Å². The summed E-state index contributed by atoms with van der Waals surface area (Å²) in [5, 5.41) is 28.5. The zero-order valence-corrected chi connectivity index (χ0v) is 10.4. The highest BCUT2D eigenvalue weighted by Gasteiger charge is 2.17. The molecule has 0 saturated carbocycles. The molecule has 0 radical (unpaired) electrons. The van der Waals surface area contributed by atoms with Crippen molar-refractivity contribution in [3.05, 3.63) is 53.5 Å². The molecule has 0 fully saturated rings. The van der Waals surface area contributed by atoms with Crippen LogP contribution in [0.5, 0.6) is 17.2 Å². The summed E-state index contributed by atoms with van der Waals surface area (Å²) in [5.41, 5.74) is 1.94. The molecular weight excluding hydrogens is 261 g/mol. The molecule has 2 aromatic rings. The number of hydrogen-bond donors (Lipinski definition) is 3. The van der Waals surface area contributed by atoms with Crippen molar-refractivity contribution in [1.82, 2.24) is 0 Å². The van der Waals surface area contributed by atoms with Crippen LogP contribution in [0.4, 0.5) is 10.1 Å². The number of fused-ring (bicyclic) bond motifs is 1. The minimum atomic E-state index is -0.698. The Balaban J connectivity index is 1.98. The molecule has 3 N–H and O–H groups in total. The Morgan fingerprint density at radius 3 is 2.55 bits per heavy atom. The van der Waals surface area contributed by atoms with E-state index in [1.54, 1.807) is 29.3 Å². The lowest BCUT2D eigenvalue weighted by atomic mass is 10.0. The summed E-state index contributed by atoms with van der Waals surface area (Å²) >= 11 is 0. The van der Waals surface area contributed by atoms with E-state index in [1.807, 2.05) is 0 Å². The van der Waals surface area contributed by atoms with E-state index in [0.717, 1.165) is 5.56 Å². The molecule has 0 atom stereocenters. The Kier molecular flexibility index (Phi) is 2.75. The molecule has 0 amide bonds. The summed E-state index contributed by atoms with van der Waals surface area (Å²) in [6.07, 6.45) is 3.45. The van der Waals surface area contributed by atoms with E-state index < -0.39 is 11.6 Å². The van der Waals surface area contributed by atoms with Gasteiger partial charge >= 0.3 is 0 Å². The Morgan fingerprint density at radius 2 is 1.80 bits per heavy atom. The van der Waals surface area contributed by atoms with Crippen LogP contribution in [0.15, 0.2) is 36.5 Å². The molecule has 0 aliphatic carbocycles. The fourth-order valence-electron chi connectivity index (χ4n) is 2.23. The molecule has 5 heteroatoms. The second kappa shape index (κ2) is 4.45. The van der Waals surface area contributed by atoms with Crippen LogP contribution in [0.2, 0.25) is 0 Å². The number of rotatable bonds is 1. The minimum absolute atomic E-state index is 0.00460. The van der Waals surface area contributed by atoms with Gasteiger partial charge in [0.05, 0.1) is 6.54 Å². The molecule has 3 rings (SSSR count). The second-order valence-electron chi connectivity index (χ2n) is 4.61. The monoisotopic (exact) mass is 273 g/mol. The first-order chi connectivity index (χ1) is 9.54. The Labute approximate surface area is 114 Å². The average Bonchev–Trinajstić information content (AvgIpc) is 2.41. The van der Waals surface area contributed by atoms with Gasteiger partial charge in [-0.1, -0.05) is 0 Å². The van der Waals surface area contributed by atoms with Crippen LogP contribution >= 0.6 is 0 Å². The van der Waals surface area contributed by atoms with Crippen LogP contribution in [0.25, 0.3) is 6.08 Å². The molecule has 1 heterocycles. The van der Waals surface area contributed by atoms with Crippen molar-refractivity contribution in [1.29, 1.82) is 0 Å². The van der Waals surface area contributed by atoms with E-state index >= 15 is 0 Å². The normalized spacial score (nSPS) is 13.3. The van der Waals surface area contributed by atoms with Crippen molar-refractivity contribution in [2.45, 2.75) is 6.54 Å². The lowest BCUT2D eigenvalue weighted by Crippen LogP contribution is -2.19. The zero-order valence-electron chi connectivity index (χ0n) is 10.4. The molecule has 0 unspecified atom stereocenters. The summed E-state index contributed by atoms with van der Waals surface area (Å²) < 4.78 is 13.4. The number of benzene rings is 2. The predicted molar refractivity (Wildman–Crippen MR) is 73.1 cm³/mol. The topological polar surface area (TPSA) is 63.9 Å². The maximum absolute atomic E-state index is 13.4. The van der Waals surface area contributed by atoms with E-state index in [0.29, 0.717) is 17.8 Å². The van der Waals surface area contributed by atoms with Gasteiger partial charge in [0.1, 0.15) is 11.5 Å². The van der Waals surface area contributed by atoms with E-state index in [4.69, 9.17) is 0 Å². The third-order valence-corrected chi connectivity index (χ3v) is 3.27. The van der Waals surface area contributed by atoms with Crippen molar-refractivity contribution in [2.75, 3.05) is 4.90 Å². The summed E-state index contributed by atoms with van der Waals surface area (Å²) in [6, 6.07) is 6.92. The second-order valence-corrected chi connectivity index (χ2v) is 4.61. The molecular formula is C15H12FNO3. The quantitative estimate of drug-likeness (QED) is 0.747. The van der Waals surface area contributed by atoms with Gasteiger partial charge in [0.25, 0.3) is 0 Å². The molecule has 102 valence electrons. The minimum Gasteiger partial charge on any atom is -0.508 e. The lowest BCUT2D eigenvalue weighted by Gasteiger charge is -2.26. The summed E-state index contributed by atoms with van der Waals surface area (Å²) in [6.45, 7) is 0.349. The number of phenolic OH excluding ortho intramolecular Hbond substituents is 3. The Hall–Kier alpha value is -2.69. The third kappa shape index (κ3) is 2.03. The van der Waals surface area contributed by atoms with E-state index in [9.17, 15) is 19.7 Å². The predicted octanol–water partition coefficient (Wildman–Crippen LogP) is 2.93. The fraction of sp³-hybridized carbons (Fsp3) is 0.0667. The van der Waals surface area contributed by atoms with Crippen LogP contribution in [-0.2, 0) is 6.54 Å². The fourth-order valence-corrected chi connectivity index (χ4v) is 2.23. The van der Waals surface area contributed by atoms with E-state index in [-0.39, 0.29) is 11.5 Å². The first-order valence-electron chi connectivity index (χ1n) is 6.03. The molecule has 2 aromatic carbocycles. The highest BCUT2D eigenvalue weighted by atomic mass is 19.1. The molecule has 0 saturated heterocycles. The number of nitrogens with zero attached hydrogens (tertiary/aromatic N) is 1. The standard InChI is InChI=1S/C15H12FNO3/c16-13-6-10(1-2-14(13)19)17-4-3-9-5-11(18)7-15(20)12(9)8-17/h1-7,18-20H,8H2. The van der Waals surface area contributed by atoms with E-state index in [2.05, 4.69) is 0 Å². The SMILES string of the molecule is Oc1cc(O)c2c(c1)C=CN(c1ccc(O)c(F)c1)C2. The largest absolute Gasteiger partial charge is 0.508 e. The van der Waals surface area contributed by atoms with Crippen molar-refractivity contribution < 1.29 is 19.7 Å². The zero-order chi connectivity index (χ0) is 14.3. The number of halogens is 1. The molecule has 0 bridgehead atoms. The van der Waals surface area contributed by atoms with Crippen LogP contribution in [-0.4, -0.2) is 15.3 Å². The van der Waals surface area contributed by atoms with Crippen molar-refractivity contribution in [2.24, 2.45) is 0 Å². The van der Waals surface area contributed by atoms with Crippen LogP contribution < -0.4 is 4.90 Å². The van der Waals surface area contributed by atoms with Crippen LogP contribution in [0, 0.1) is 5.82 Å². The first kappa shape index (κ1) is 12.3. The molecule has 0 aromatic heterocycles. The molecule has 0 spiro atoms. The summed E-state index contributed by atoms with van der Waals surface area (Å²) in [5.74, 6) is -1.11. The van der Waals surface area contributed by atoms with Gasteiger partial charge in [0, 0.05) is 29.6 Å². The van der Waals surface area contributed by atoms with Gasteiger partial charge < -0.3 is 20.2 Å². The van der Waals surface area contributed by atoms with Crippen LogP contribution in [0.3, 0.4) is 0 Å². The number of aromatic hydroxyl groups is 3. The van der Waals surface area contributed by atoms with Gasteiger partial charge in [0.15, 0.2) is 11.6 Å². The maximum atomic E-state index is 13.4. The molecule has 1 aliphatic rings. The first-order valence-corrected chi connectivity index (χ1v) is 6.03.